The van der Waals surface area contributed by atoms with Crippen molar-refractivity contribution in [1.82, 2.24) is 4.90 Å². The number of carboxylic acids is 1. The first-order valence-electron chi connectivity index (χ1n) is 5.50. The predicted molar refractivity (Wildman–Crippen MR) is 62.4 cm³/mol. The van der Waals surface area contributed by atoms with Gasteiger partial charge >= 0.3 is 12.1 Å². The summed E-state index contributed by atoms with van der Waals surface area (Å²) in [6.07, 6.45) is -3.78. The van der Waals surface area contributed by atoms with Crippen molar-refractivity contribution in [1.29, 1.82) is 0 Å². The van der Waals surface area contributed by atoms with E-state index in [0.717, 1.165) is 0 Å². The van der Waals surface area contributed by atoms with Gasteiger partial charge in [0.15, 0.2) is 5.41 Å². The van der Waals surface area contributed by atoms with Crippen LogP contribution in [0.15, 0.2) is 21.2 Å². The summed E-state index contributed by atoms with van der Waals surface area (Å²) in [4.78, 5) is 12.4. The largest absolute Gasteiger partial charge is 0.481 e. The summed E-state index contributed by atoms with van der Waals surface area (Å²) in [5, 5.41) is 8.92. The Balaban J connectivity index is 2.14. The smallest absolute Gasteiger partial charge is 0.406 e. The quantitative estimate of drug-likeness (QED) is 0.918. The van der Waals surface area contributed by atoms with Crippen molar-refractivity contribution in [2.24, 2.45) is 5.41 Å². The molecule has 2 rings (SSSR count). The van der Waals surface area contributed by atoms with Crippen molar-refractivity contribution in [3.05, 3.63) is 22.6 Å². The minimum atomic E-state index is -4.76. The van der Waals surface area contributed by atoms with Gasteiger partial charge in [-0.25, -0.2) is 0 Å². The fraction of sp³-hybridized carbons (Fsp3) is 0.545. The van der Waals surface area contributed by atoms with E-state index in [0.29, 0.717) is 10.2 Å². The third-order valence-corrected chi connectivity index (χ3v) is 4.07. The first-order valence-corrected chi connectivity index (χ1v) is 6.30. The van der Waals surface area contributed by atoms with E-state index >= 15 is 0 Å². The van der Waals surface area contributed by atoms with Crippen LogP contribution < -0.4 is 0 Å². The van der Waals surface area contributed by atoms with Crippen LogP contribution in [0.25, 0.3) is 0 Å². The number of aliphatic carboxylic acids is 1. The monoisotopic (exact) mass is 341 g/mol. The van der Waals surface area contributed by atoms with Crippen LogP contribution in [0.5, 0.6) is 0 Å². The van der Waals surface area contributed by atoms with Gasteiger partial charge in [-0.3, -0.25) is 9.69 Å². The number of likely N-dealkylation sites (tertiary alicyclic amines) is 1. The highest BCUT2D eigenvalue weighted by Crippen LogP contribution is 2.46. The van der Waals surface area contributed by atoms with Crippen molar-refractivity contribution < 1.29 is 27.5 Å². The molecule has 1 unspecified atom stereocenters. The molecule has 1 fully saturated rings. The summed E-state index contributed by atoms with van der Waals surface area (Å²) in [6, 6.07) is 1.64. The number of carbonyl (C=O) groups is 1. The Labute approximate surface area is 115 Å². The van der Waals surface area contributed by atoms with Gasteiger partial charge in [0, 0.05) is 13.1 Å². The molecule has 1 aromatic heterocycles. The highest BCUT2D eigenvalue weighted by atomic mass is 79.9. The minimum Gasteiger partial charge on any atom is -0.481 e. The zero-order valence-electron chi connectivity index (χ0n) is 9.71. The summed E-state index contributed by atoms with van der Waals surface area (Å²) in [5.74, 6) is -1.33. The fourth-order valence-corrected chi connectivity index (χ4v) is 2.52. The van der Waals surface area contributed by atoms with Crippen molar-refractivity contribution in [2.75, 3.05) is 13.1 Å². The van der Waals surface area contributed by atoms with Gasteiger partial charge in [0.25, 0.3) is 0 Å². The molecule has 0 aliphatic carbocycles. The molecule has 1 aliphatic heterocycles. The molecule has 1 atom stereocenters. The average Bonchev–Trinajstić information content (AvgIpc) is 2.87. The summed E-state index contributed by atoms with van der Waals surface area (Å²) in [7, 11) is 0. The molecule has 0 amide bonds. The molecular formula is C11H11BrF3NO3. The molecule has 2 heterocycles. The second-order valence-electron chi connectivity index (χ2n) is 4.54. The first-order chi connectivity index (χ1) is 8.76. The topological polar surface area (TPSA) is 53.7 Å². The molecule has 4 nitrogen and oxygen atoms in total. The second-order valence-corrected chi connectivity index (χ2v) is 5.39. The Bertz CT molecular complexity index is 488. The molecule has 19 heavy (non-hydrogen) atoms. The lowest BCUT2D eigenvalue weighted by Gasteiger charge is -2.27. The predicted octanol–water partition coefficient (Wildman–Crippen LogP) is 2.88. The zero-order chi connectivity index (χ0) is 14.3. The molecular weight excluding hydrogens is 331 g/mol. The van der Waals surface area contributed by atoms with E-state index in [1.165, 1.54) is 11.2 Å². The molecule has 1 aliphatic rings. The first kappa shape index (κ1) is 14.4. The van der Waals surface area contributed by atoms with Crippen LogP contribution in [-0.4, -0.2) is 35.2 Å². The number of carboxylic acid groups (broad SMARTS) is 1. The summed E-state index contributed by atoms with van der Waals surface area (Å²) in [5.41, 5.74) is -2.67. The second kappa shape index (κ2) is 4.82. The Hall–Kier alpha value is -1.02. The minimum absolute atomic E-state index is 0.0684. The summed E-state index contributed by atoms with van der Waals surface area (Å²) >= 11 is 3.21. The standard InChI is InChI=1S/C11H11BrF3NO3/c12-7-1-4-19-8(7)5-16-3-2-10(6-16,9(17)18)11(13,14)15/h1,4H,2-3,5-6H2,(H,17,18). The Morgan fingerprint density at radius 1 is 1.58 bits per heavy atom. The summed E-state index contributed by atoms with van der Waals surface area (Å²) < 4.78 is 44.7. The fourth-order valence-electron chi connectivity index (χ4n) is 2.19. The molecule has 1 aromatic rings. The normalized spacial score (nSPS) is 24.8. The third-order valence-electron chi connectivity index (χ3n) is 3.36. The zero-order valence-corrected chi connectivity index (χ0v) is 11.3. The van der Waals surface area contributed by atoms with E-state index in [2.05, 4.69) is 15.9 Å². The maximum Gasteiger partial charge on any atom is 0.406 e. The SMILES string of the molecule is O=C(O)C1(C(F)(F)F)CCN(Cc2occc2Br)C1. The van der Waals surface area contributed by atoms with Gasteiger partial charge < -0.3 is 9.52 Å². The summed E-state index contributed by atoms with van der Waals surface area (Å²) in [6.45, 7) is -0.337. The van der Waals surface area contributed by atoms with Gasteiger partial charge in [-0.2, -0.15) is 13.2 Å². The van der Waals surface area contributed by atoms with Crippen LogP contribution in [-0.2, 0) is 11.3 Å². The van der Waals surface area contributed by atoms with Crippen LogP contribution in [0.3, 0.4) is 0 Å². The van der Waals surface area contributed by atoms with E-state index in [-0.39, 0.29) is 13.1 Å². The van der Waals surface area contributed by atoms with E-state index in [1.807, 2.05) is 0 Å². The van der Waals surface area contributed by atoms with Crippen molar-refractivity contribution in [2.45, 2.75) is 19.1 Å². The van der Waals surface area contributed by atoms with E-state index in [4.69, 9.17) is 9.52 Å². The Morgan fingerprint density at radius 3 is 2.68 bits per heavy atom. The molecule has 0 radical (unpaired) electrons. The van der Waals surface area contributed by atoms with Gasteiger partial charge in [0.2, 0.25) is 0 Å². The van der Waals surface area contributed by atoms with Crippen LogP contribution in [0.1, 0.15) is 12.2 Å². The van der Waals surface area contributed by atoms with Crippen LogP contribution in [0.2, 0.25) is 0 Å². The van der Waals surface area contributed by atoms with Gasteiger partial charge in [-0.15, -0.1) is 0 Å². The molecule has 1 N–H and O–H groups in total. The highest BCUT2D eigenvalue weighted by molar-refractivity contribution is 9.10. The number of alkyl halides is 3. The molecule has 0 bridgehead atoms. The molecule has 0 aromatic carbocycles. The number of hydrogen-bond donors (Lipinski definition) is 1. The van der Waals surface area contributed by atoms with Gasteiger partial charge in [-0.05, 0) is 28.4 Å². The van der Waals surface area contributed by atoms with Crippen molar-refractivity contribution in [3.63, 3.8) is 0 Å². The molecule has 8 heteroatoms. The maximum absolute atomic E-state index is 13.0. The highest BCUT2D eigenvalue weighted by Gasteiger charge is 2.63. The Kier molecular flexibility index (Phi) is 3.65. The van der Waals surface area contributed by atoms with Gasteiger partial charge in [-0.1, -0.05) is 0 Å². The number of hydrogen-bond acceptors (Lipinski definition) is 3. The number of furan rings is 1. The molecule has 0 saturated carbocycles. The Morgan fingerprint density at radius 2 is 2.26 bits per heavy atom. The maximum atomic E-state index is 13.0. The number of rotatable bonds is 3. The van der Waals surface area contributed by atoms with E-state index < -0.39 is 30.5 Å². The van der Waals surface area contributed by atoms with Gasteiger partial charge in [0.1, 0.15) is 5.76 Å². The van der Waals surface area contributed by atoms with Gasteiger partial charge in [0.05, 0.1) is 17.3 Å². The van der Waals surface area contributed by atoms with E-state index in [1.54, 1.807) is 6.07 Å². The van der Waals surface area contributed by atoms with E-state index in [9.17, 15) is 18.0 Å². The lowest BCUT2D eigenvalue weighted by molar-refractivity contribution is -0.227. The van der Waals surface area contributed by atoms with Crippen molar-refractivity contribution in [3.8, 4) is 0 Å². The van der Waals surface area contributed by atoms with Crippen LogP contribution in [0, 0.1) is 5.41 Å². The molecule has 0 spiro atoms. The van der Waals surface area contributed by atoms with Crippen molar-refractivity contribution >= 4 is 21.9 Å². The lowest BCUT2D eigenvalue weighted by Crippen LogP contribution is -2.47. The number of nitrogens with zero attached hydrogens (tertiary/aromatic N) is 1. The molecule has 106 valence electrons. The average molecular weight is 342 g/mol. The number of halogens is 4. The lowest BCUT2D eigenvalue weighted by atomic mass is 9.86. The third kappa shape index (κ3) is 2.51. The van der Waals surface area contributed by atoms with Crippen LogP contribution in [0.4, 0.5) is 13.2 Å². The molecule has 1 saturated heterocycles. The van der Waals surface area contributed by atoms with Crippen LogP contribution >= 0.6 is 15.9 Å².